The summed E-state index contributed by atoms with van der Waals surface area (Å²) in [5.41, 5.74) is 1.51. The first-order chi connectivity index (χ1) is 12.2. The van der Waals surface area contributed by atoms with Gasteiger partial charge in [-0.05, 0) is 65.0 Å². The first kappa shape index (κ1) is 18.4. The molecule has 3 rings (SSSR count). The van der Waals surface area contributed by atoms with Crippen LogP contribution < -0.4 is 0 Å². The summed E-state index contributed by atoms with van der Waals surface area (Å²) >= 11 is 0. The van der Waals surface area contributed by atoms with Crippen molar-refractivity contribution in [3.63, 3.8) is 0 Å². The third-order valence-corrected chi connectivity index (χ3v) is 5.35. The van der Waals surface area contributed by atoms with Crippen molar-refractivity contribution in [2.24, 2.45) is 5.92 Å². The highest BCUT2D eigenvalue weighted by Gasteiger charge is 2.46. The summed E-state index contributed by atoms with van der Waals surface area (Å²) < 4.78 is 5.55. The number of aryl methyl sites for hydroxylation is 1. The van der Waals surface area contributed by atoms with Gasteiger partial charge < -0.3 is 9.64 Å². The Bertz CT molecular complexity index is 758. The van der Waals surface area contributed by atoms with Crippen molar-refractivity contribution in [1.29, 1.82) is 5.26 Å². The molecule has 0 aliphatic carbocycles. The Hall–Kier alpha value is -2.35. The number of piperidine rings is 1. The Morgan fingerprint density at radius 1 is 1.19 bits per heavy atom. The van der Waals surface area contributed by atoms with E-state index in [9.17, 15) is 14.9 Å². The van der Waals surface area contributed by atoms with Crippen molar-refractivity contribution in [1.82, 2.24) is 4.90 Å². The number of Topliss-reactive ketones (excluding diaryl/α,β-unsaturated/α-hetero) is 1. The van der Waals surface area contributed by atoms with Crippen LogP contribution in [-0.4, -0.2) is 34.5 Å². The first-order valence-corrected chi connectivity index (χ1v) is 9.26. The Morgan fingerprint density at radius 3 is 2.35 bits per heavy atom. The number of rotatable bonds is 2. The van der Waals surface area contributed by atoms with Crippen LogP contribution in [0.1, 0.15) is 67.9 Å². The molecule has 26 heavy (non-hydrogen) atoms. The van der Waals surface area contributed by atoms with Gasteiger partial charge in [0, 0.05) is 23.6 Å². The molecule has 0 N–H and O–H groups in total. The summed E-state index contributed by atoms with van der Waals surface area (Å²) in [4.78, 5) is 27.3. The van der Waals surface area contributed by atoms with E-state index in [4.69, 9.17) is 4.74 Å². The van der Waals surface area contributed by atoms with Gasteiger partial charge in [0.1, 0.15) is 5.60 Å². The fraction of sp³-hybridized carbons (Fsp3) is 0.571. The number of hydrogen-bond acceptors (Lipinski definition) is 4. The minimum absolute atomic E-state index is 0.0680. The van der Waals surface area contributed by atoms with Gasteiger partial charge in [-0.3, -0.25) is 4.79 Å². The summed E-state index contributed by atoms with van der Waals surface area (Å²) in [5, 5.41) is 9.20. The molecule has 5 heteroatoms. The molecule has 2 heterocycles. The lowest BCUT2D eigenvalue weighted by atomic mass is 9.84. The highest BCUT2D eigenvalue weighted by atomic mass is 16.6. The number of fused-ring (bicyclic) bond motifs is 2. The molecule has 2 unspecified atom stereocenters. The Balaban J connectivity index is 1.74. The lowest BCUT2D eigenvalue weighted by Gasteiger charge is -2.39. The highest BCUT2D eigenvalue weighted by Crippen LogP contribution is 2.40. The quantitative estimate of drug-likeness (QED) is 0.745. The second kappa shape index (κ2) is 6.75. The van der Waals surface area contributed by atoms with Crippen molar-refractivity contribution in [2.75, 3.05) is 0 Å². The fourth-order valence-electron chi connectivity index (χ4n) is 4.14. The van der Waals surface area contributed by atoms with Crippen molar-refractivity contribution < 1.29 is 14.3 Å². The van der Waals surface area contributed by atoms with E-state index >= 15 is 0 Å². The second-order valence-electron chi connectivity index (χ2n) is 8.45. The molecule has 2 aliphatic heterocycles. The summed E-state index contributed by atoms with van der Waals surface area (Å²) in [6, 6.07) is 7.61. The standard InChI is InChI=1S/C21H26N2O3/c1-13-5-6-14(9-16(13)12-22)19(24)15-10-17-7-8-18(11-15)23(17)20(25)26-21(2,3)4/h5-6,9,15,17-18H,7-8,10-11H2,1-4H3. The molecule has 2 aliphatic rings. The number of ether oxygens (including phenoxy) is 1. The minimum Gasteiger partial charge on any atom is -0.444 e. The van der Waals surface area contributed by atoms with Crippen LogP contribution in [0.4, 0.5) is 4.79 Å². The number of carbonyl (C=O) groups is 2. The Labute approximate surface area is 154 Å². The summed E-state index contributed by atoms with van der Waals surface area (Å²) in [5.74, 6) is -0.0114. The molecule has 2 fully saturated rings. The van der Waals surface area contributed by atoms with E-state index in [0.29, 0.717) is 24.0 Å². The van der Waals surface area contributed by atoms with Crippen LogP contribution in [-0.2, 0) is 4.74 Å². The summed E-state index contributed by atoms with van der Waals surface area (Å²) in [7, 11) is 0. The van der Waals surface area contributed by atoms with Gasteiger partial charge in [0.2, 0.25) is 0 Å². The molecule has 0 spiro atoms. The van der Waals surface area contributed by atoms with E-state index in [1.54, 1.807) is 12.1 Å². The van der Waals surface area contributed by atoms with Crippen LogP contribution in [0.25, 0.3) is 0 Å². The van der Waals surface area contributed by atoms with E-state index in [-0.39, 0.29) is 29.9 Å². The molecular formula is C21H26N2O3. The first-order valence-electron chi connectivity index (χ1n) is 9.26. The van der Waals surface area contributed by atoms with Crippen LogP contribution >= 0.6 is 0 Å². The van der Waals surface area contributed by atoms with Crippen molar-refractivity contribution >= 4 is 11.9 Å². The number of carbonyl (C=O) groups excluding carboxylic acids is 2. The van der Waals surface area contributed by atoms with Crippen LogP contribution in [0.5, 0.6) is 0 Å². The van der Waals surface area contributed by atoms with Crippen LogP contribution in [0.3, 0.4) is 0 Å². The predicted octanol–water partition coefficient (Wildman–Crippen LogP) is 4.23. The molecule has 2 bridgehead atoms. The maximum atomic E-state index is 13.0. The van der Waals surface area contributed by atoms with Gasteiger partial charge in [0.15, 0.2) is 5.78 Å². The largest absolute Gasteiger partial charge is 0.444 e. The monoisotopic (exact) mass is 354 g/mol. The zero-order valence-electron chi connectivity index (χ0n) is 15.9. The fourth-order valence-corrected chi connectivity index (χ4v) is 4.14. The van der Waals surface area contributed by atoms with Crippen molar-refractivity contribution in [3.05, 3.63) is 34.9 Å². The normalized spacial score (nSPS) is 24.9. The topological polar surface area (TPSA) is 70.4 Å². The van der Waals surface area contributed by atoms with Gasteiger partial charge in [-0.25, -0.2) is 4.79 Å². The lowest BCUT2D eigenvalue weighted by molar-refractivity contribution is 0.00254. The molecule has 5 nitrogen and oxygen atoms in total. The Morgan fingerprint density at radius 2 is 1.81 bits per heavy atom. The molecule has 2 atom stereocenters. The SMILES string of the molecule is Cc1ccc(C(=O)C2CC3CCC(C2)N3C(=O)OC(C)(C)C)cc1C#N. The summed E-state index contributed by atoms with van der Waals surface area (Å²) in [6.45, 7) is 7.47. The number of nitrogens with zero attached hydrogens (tertiary/aromatic N) is 2. The van der Waals surface area contributed by atoms with Gasteiger partial charge in [0.05, 0.1) is 11.6 Å². The molecule has 0 aromatic heterocycles. The average molecular weight is 354 g/mol. The lowest BCUT2D eigenvalue weighted by Crippen LogP contribution is -2.49. The summed E-state index contributed by atoms with van der Waals surface area (Å²) in [6.07, 6.45) is 2.92. The molecule has 0 saturated carbocycles. The molecule has 1 amide bonds. The van der Waals surface area contributed by atoms with Crippen molar-refractivity contribution in [2.45, 2.75) is 71.1 Å². The number of ketones is 1. The molecular weight excluding hydrogens is 328 g/mol. The van der Waals surface area contributed by atoms with E-state index in [1.807, 2.05) is 38.7 Å². The van der Waals surface area contributed by atoms with Gasteiger partial charge in [-0.2, -0.15) is 5.26 Å². The van der Waals surface area contributed by atoms with Gasteiger partial charge in [-0.15, -0.1) is 0 Å². The van der Waals surface area contributed by atoms with E-state index in [1.165, 1.54) is 0 Å². The van der Waals surface area contributed by atoms with Gasteiger partial charge in [-0.1, -0.05) is 12.1 Å². The van der Waals surface area contributed by atoms with Gasteiger partial charge in [0.25, 0.3) is 0 Å². The zero-order valence-corrected chi connectivity index (χ0v) is 15.9. The third-order valence-electron chi connectivity index (χ3n) is 5.35. The third kappa shape index (κ3) is 3.60. The predicted molar refractivity (Wildman–Crippen MR) is 97.8 cm³/mol. The van der Waals surface area contributed by atoms with Crippen LogP contribution in [0.15, 0.2) is 18.2 Å². The maximum absolute atomic E-state index is 13.0. The molecule has 1 aromatic carbocycles. The molecule has 0 radical (unpaired) electrons. The number of nitriles is 1. The van der Waals surface area contributed by atoms with Crippen molar-refractivity contribution in [3.8, 4) is 6.07 Å². The number of hydrogen-bond donors (Lipinski definition) is 0. The van der Waals surface area contributed by atoms with E-state index in [2.05, 4.69) is 6.07 Å². The zero-order chi connectivity index (χ0) is 19.1. The smallest absolute Gasteiger partial charge is 0.410 e. The van der Waals surface area contributed by atoms with Crippen LogP contribution in [0.2, 0.25) is 0 Å². The second-order valence-corrected chi connectivity index (χ2v) is 8.45. The van der Waals surface area contributed by atoms with E-state index < -0.39 is 5.60 Å². The minimum atomic E-state index is -0.515. The highest BCUT2D eigenvalue weighted by molar-refractivity contribution is 5.98. The van der Waals surface area contributed by atoms with Crippen LogP contribution in [0, 0.1) is 24.2 Å². The molecule has 2 saturated heterocycles. The number of amides is 1. The average Bonchev–Trinajstić information content (AvgIpc) is 2.83. The van der Waals surface area contributed by atoms with Gasteiger partial charge >= 0.3 is 6.09 Å². The Kier molecular flexibility index (Phi) is 4.79. The molecule has 1 aromatic rings. The molecule has 138 valence electrons. The number of benzene rings is 1. The maximum Gasteiger partial charge on any atom is 0.410 e. The van der Waals surface area contributed by atoms with E-state index in [0.717, 1.165) is 18.4 Å².